The molecule has 1 N–H and O–H groups in total. The highest BCUT2D eigenvalue weighted by atomic mass is 16.6. The second-order valence-corrected chi connectivity index (χ2v) is 5.89. The molecule has 0 aliphatic carbocycles. The molecule has 2 heterocycles. The van der Waals surface area contributed by atoms with Crippen LogP contribution in [0.1, 0.15) is 33.6 Å². The fourth-order valence-corrected chi connectivity index (χ4v) is 2.31. The van der Waals surface area contributed by atoms with Crippen molar-refractivity contribution in [3.8, 4) is 0 Å². The quantitative estimate of drug-likeness (QED) is 0.693. The van der Waals surface area contributed by atoms with Gasteiger partial charge >= 0.3 is 6.09 Å². The zero-order chi connectivity index (χ0) is 12.7. The minimum Gasteiger partial charge on any atom is -0.444 e. The van der Waals surface area contributed by atoms with Crippen LogP contribution in [-0.2, 0) is 9.47 Å². The first-order valence-corrected chi connectivity index (χ1v) is 6.12. The first-order valence-electron chi connectivity index (χ1n) is 6.12. The number of fused-ring (bicyclic) bond motifs is 1. The van der Waals surface area contributed by atoms with E-state index in [1.54, 1.807) is 4.90 Å². The van der Waals surface area contributed by atoms with Crippen LogP contribution in [0.3, 0.4) is 0 Å². The number of piperidine rings is 1. The molecule has 98 valence electrons. The molecule has 1 amide bonds. The summed E-state index contributed by atoms with van der Waals surface area (Å²) in [7, 11) is 0. The van der Waals surface area contributed by atoms with E-state index in [1.165, 1.54) is 0 Å². The molecule has 2 aliphatic heterocycles. The van der Waals surface area contributed by atoms with E-state index < -0.39 is 11.2 Å². The van der Waals surface area contributed by atoms with Gasteiger partial charge < -0.3 is 19.5 Å². The Balaban J connectivity index is 1.95. The third kappa shape index (κ3) is 2.72. The fraction of sp³-hybridized carbons (Fsp3) is 0.917. The van der Waals surface area contributed by atoms with Crippen molar-refractivity contribution in [2.75, 3.05) is 19.7 Å². The first kappa shape index (κ1) is 12.6. The molecule has 0 spiro atoms. The number of hydrogen-bond acceptors (Lipinski definition) is 4. The highest BCUT2D eigenvalue weighted by Gasteiger charge is 2.47. The van der Waals surface area contributed by atoms with E-state index in [1.807, 2.05) is 20.8 Å². The van der Waals surface area contributed by atoms with Gasteiger partial charge in [0.15, 0.2) is 0 Å². The van der Waals surface area contributed by atoms with Gasteiger partial charge in [0.05, 0.1) is 18.8 Å². The summed E-state index contributed by atoms with van der Waals surface area (Å²) in [5.74, 6) is 0. The van der Waals surface area contributed by atoms with Crippen molar-refractivity contribution in [2.45, 2.75) is 50.9 Å². The van der Waals surface area contributed by atoms with E-state index in [2.05, 4.69) is 0 Å². The van der Waals surface area contributed by atoms with E-state index >= 15 is 0 Å². The summed E-state index contributed by atoms with van der Waals surface area (Å²) in [6.07, 6.45) is 0.648. The van der Waals surface area contributed by atoms with Crippen molar-refractivity contribution in [3.63, 3.8) is 0 Å². The normalized spacial score (nSPS) is 33.4. The number of carbonyl (C=O) groups excluding carboxylic acids is 1. The van der Waals surface area contributed by atoms with Gasteiger partial charge in [0.25, 0.3) is 0 Å². The van der Waals surface area contributed by atoms with Crippen molar-refractivity contribution < 1.29 is 19.4 Å². The molecular formula is C12H21NO4. The van der Waals surface area contributed by atoms with Gasteiger partial charge in [-0.15, -0.1) is 0 Å². The number of aliphatic hydroxyl groups is 1. The van der Waals surface area contributed by atoms with Gasteiger partial charge in [-0.05, 0) is 27.2 Å². The summed E-state index contributed by atoms with van der Waals surface area (Å²) in [6, 6.07) is 0. The number of rotatable bonds is 0. The summed E-state index contributed by atoms with van der Waals surface area (Å²) in [4.78, 5) is 13.5. The van der Waals surface area contributed by atoms with Crippen LogP contribution in [0.25, 0.3) is 0 Å². The lowest BCUT2D eigenvalue weighted by Gasteiger charge is -2.39. The maximum Gasteiger partial charge on any atom is 0.410 e. The molecule has 17 heavy (non-hydrogen) atoms. The number of amides is 1. The summed E-state index contributed by atoms with van der Waals surface area (Å²) in [5, 5.41) is 10.2. The number of hydrogen-bond donors (Lipinski definition) is 1. The maximum atomic E-state index is 11.9. The predicted molar refractivity (Wildman–Crippen MR) is 61.7 cm³/mol. The van der Waals surface area contributed by atoms with Gasteiger partial charge in [-0.2, -0.15) is 0 Å². The number of likely N-dealkylation sites (tertiary alicyclic amines) is 1. The van der Waals surface area contributed by atoms with E-state index in [4.69, 9.17) is 9.47 Å². The summed E-state index contributed by atoms with van der Waals surface area (Å²) in [5.41, 5.74) is -1.22. The van der Waals surface area contributed by atoms with Gasteiger partial charge in [-0.3, -0.25) is 0 Å². The Morgan fingerprint density at radius 1 is 1.47 bits per heavy atom. The second-order valence-electron chi connectivity index (χ2n) is 5.89. The van der Waals surface area contributed by atoms with Crippen LogP contribution in [0.15, 0.2) is 0 Å². The highest BCUT2D eigenvalue weighted by molar-refractivity contribution is 5.68. The summed E-state index contributed by atoms with van der Waals surface area (Å²) in [6.45, 7) is 7.06. The van der Waals surface area contributed by atoms with Gasteiger partial charge in [-0.25, -0.2) is 4.79 Å². The van der Waals surface area contributed by atoms with E-state index in [9.17, 15) is 9.90 Å². The molecule has 2 aliphatic rings. The Bertz CT molecular complexity index is 312. The van der Waals surface area contributed by atoms with Gasteiger partial charge in [0.1, 0.15) is 11.7 Å². The number of ether oxygens (including phenoxy) is 2. The van der Waals surface area contributed by atoms with Gasteiger partial charge in [0.2, 0.25) is 0 Å². The molecule has 0 unspecified atom stereocenters. The molecule has 0 aromatic rings. The zero-order valence-corrected chi connectivity index (χ0v) is 10.7. The molecule has 5 nitrogen and oxygen atoms in total. The standard InChI is InChI=1S/C12H21NO4/c1-11(2,3)17-10(14)13-6-4-12(15)5-7-16-9(12)8-13/h9,15H,4-8H2,1-3H3/t9-,12+/m0/s1. The Hall–Kier alpha value is -0.810. The lowest BCUT2D eigenvalue weighted by atomic mass is 9.88. The monoisotopic (exact) mass is 243 g/mol. The lowest BCUT2D eigenvalue weighted by Crippen LogP contribution is -2.55. The highest BCUT2D eigenvalue weighted by Crippen LogP contribution is 2.33. The molecule has 0 aromatic heterocycles. The van der Waals surface area contributed by atoms with Gasteiger partial charge in [0, 0.05) is 13.0 Å². The fourth-order valence-electron chi connectivity index (χ4n) is 2.31. The van der Waals surface area contributed by atoms with Crippen LogP contribution in [0.5, 0.6) is 0 Å². The van der Waals surface area contributed by atoms with Crippen LogP contribution >= 0.6 is 0 Å². The van der Waals surface area contributed by atoms with E-state index in [-0.39, 0.29) is 12.2 Å². The maximum absolute atomic E-state index is 11.9. The van der Waals surface area contributed by atoms with E-state index in [0.29, 0.717) is 32.5 Å². The zero-order valence-electron chi connectivity index (χ0n) is 10.7. The lowest BCUT2D eigenvalue weighted by molar-refractivity contribution is -0.0868. The molecule has 5 heteroatoms. The Labute approximate surface area is 102 Å². The molecule has 2 atom stereocenters. The Morgan fingerprint density at radius 2 is 2.18 bits per heavy atom. The third-order valence-electron chi connectivity index (χ3n) is 3.31. The van der Waals surface area contributed by atoms with Crippen molar-refractivity contribution in [1.29, 1.82) is 0 Å². The van der Waals surface area contributed by atoms with Crippen LogP contribution in [0, 0.1) is 0 Å². The number of carbonyl (C=O) groups is 1. The molecule has 2 saturated heterocycles. The second kappa shape index (κ2) is 4.14. The first-order chi connectivity index (χ1) is 7.80. The molecule has 0 aromatic carbocycles. The van der Waals surface area contributed by atoms with Crippen LogP contribution in [-0.4, -0.2) is 53.1 Å². The predicted octanol–water partition coefficient (Wildman–Crippen LogP) is 1.15. The topological polar surface area (TPSA) is 59.0 Å². The third-order valence-corrected chi connectivity index (χ3v) is 3.31. The number of nitrogens with zero attached hydrogens (tertiary/aromatic N) is 1. The van der Waals surface area contributed by atoms with Crippen molar-refractivity contribution in [2.24, 2.45) is 0 Å². The summed E-state index contributed by atoms with van der Waals surface area (Å²) >= 11 is 0. The minimum absolute atomic E-state index is 0.260. The van der Waals surface area contributed by atoms with Crippen LogP contribution in [0.4, 0.5) is 4.79 Å². The molecule has 0 bridgehead atoms. The molecule has 2 fully saturated rings. The average molecular weight is 243 g/mol. The van der Waals surface area contributed by atoms with Gasteiger partial charge in [-0.1, -0.05) is 0 Å². The Kier molecular flexibility index (Phi) is 3.08. The van der Waals surface area contributed by atoms with Crippen molar-refractivity contribution in [1.82, 2.24) is 4.90 Å². The molecular weight excluding hydrogens is 222 g/mol. The van der Waals surface area contributed by atoms with Crippen molar-refractivity contribution in [3.05, 3.63) is 0 Å². The van der Waals surface area contributed by atoms with Crippen molar-refractivity contribution >= 4 is 6.09 Å². The largest absolute Gasteiger partial charge is 0.444 e. The molecule has 0 saturated carbocycles. The van der Waals surface area contributed by atoms with Crippen LogP contribution < -0.4 is 0 Å². The molecule has 0 radical (unpaired) electrons. The summed E-state index contributed by atoms with van der Waals surface area (Å²) < 4.78 is 10.8. The minimum atomic E-state index is -0.738. The Morgan fingerprint density at radius 3 is 2.82 bits per heavy atom. The average Bonchev–Trinajstić information content (AvgIpc) is 2.55. The van der Waals surface area contributed by atoms with E-state index in [0.717, 1.165) is 0 Å². The van der Waals surface area contributed by atoms with Crippen LogP contribution in [0.2, 0.25) is 0 Å². The smallest absolute Gasteiger partial charge is 0.410 e. The SMILES string of the molecule is CC(C)(C)OC(=O)N1CC[C@@]2(O)CCO[C@H]2C1. The molecule has 2 rings (SSSR count).